The number of halogens is 3. The highest BCUT2D eigenvalue weighted by atomic mass is 19.4. The zero-order valence-corrected chi connectivity index (χ0v) is 14.4. The van der Waals surface area contributed by atoms with E-state index >= 15 is 0 Å². The minimum absolute atomic E-state index is 0.103. The number of carbonyl (C=O) groups is 2. The Morgan fingerprint density at radius 3 is 2.52 bits per heavy atom. The van der Waals surface area contributed by atoms with Crippen molar-refractivity contribution in [1.29, 1.82) is 0 Å². The lowest BCUT2D eigenvalue weighted by Gasteiger charge is -2.22. The van der Waals surface area contributed by atoms with Crippen molar-refractivity contribution in [3.63, 3.8) is 0 Å². The summed E-state index contributed by atoms with van der Waals surface area (Å²) in [6.07, 6.45) is -0.449. The van der Waals surface area contributed by atoms with E-state index in [1.165, 1.54) is 18.3 Å². The van der Waals surface area contributed by atoms with Crippen LogP contribution in [0.15, 0.2) is 30.5 Å². The zero-order valence-electron chi connectivity index (χ0n) is 14.4. The molecule has 3 rings (SSSR count). The molecule has 0 aliphatic carbocycles. The van der Waals surface area contributed by atoms with Gasteiger partial charge in [0.25, 0.3) is 5.91 Å². The molecule has 9 heteroatoms. The third kappa shape index (κ3) is 4.29. The van der Waals surface area contributed by atoms with Crippen LogP contribution in [0.4, 0.5) is 13.2 Å². The predicted molar refractivity (Wildman–Crippen MR) is 89.0 cm³/mol. The summed E-state index contributed by atoms with van der Waals surface area (Å²) in [7, 11) is 0. The van der Waals surface area contributed by atoms with Gasteiger partial charge in [-0.05, 0) is 37.0 Å². The van der Waals surface area contributed by atoms with Crippen molar-refractivity contribution >= 4 is 11.9 Å². The maximum atomic E-state index is 12.9. The summed E-state index contributed by atoms with van der Waals surface area (Å²) < 4.78 is 39.8. The maximum Gasteiger partial charge on any atom is 0.416 e. The predicted octanol–water partition coefficient (Wildman–Crippen LogP) is 2.97. The topological polar surface area (TPSA) is 75.4 Å². The van der Waals surface area contributed by atoms with Gasteiger partial charge in [0.2, 0.25) is 0 Å². The molecule has 2 heterocycles. The average Bonchev–Trinajstić information content (AvgIpc) is 3.04. The Labute approximate surface area is 153 Å². The van der Waals surface area contributed by atoms with Crippen LogP contribution < -0.4 is 0 Å². The molecule has 0 unspecified atom stereocenters. The Bertz CT molecular complexity index is 844. The molecular weight excluding hydrogens is 363 g/mol. The molecule has 0 radical (unpaired) electrons. The number of fused-ring (bicyclic) bond motifs is 1. The number of alkyl halides is 3. The highest BCUT2D eigenvalue weighted by molar-refractivity contribution is 5.96. The molecule has 1 aliphatic heterocycles. The van der Waals surface area contributed by atoms with E-state index in [-0.39, 0.29) is 6.54 Å². The lowest BCUT2D eigenvalue weighted by atomic mass is 10.1. The second-order valence-corrected chi connectivity index (χ2v) is 6.43. The first-order valence-corrected chi connectivity index (χ1v) is 8.47. The van der Waals surface area contributed by atoms with Crippen molar-refractivity contribution < 1.29 is 27.9 Å². The van der Waals surface area contributed by atoms with Crippen LogP contribution in [0.1, 0.15) is 40.0 Å². The van der Waals surface area contributed by atoms with E-state index in [2.05, 4.69) is 5.10 Å². The van der Waals surface area contributed by atoms with Crippen molar-refractivity contribution in [2.75, 3.05) is 6.54 Å². The Morgan fingerprint density at radius 2 is 1.89 bits per heavy atom. The molecule has 0 spiro atoms. The summed E-state index contributed by atoms with van der Waals surface area (Å²) >= 11 is 0. The number of aromatic nitrogens is 2. The van der Waals surface area contributed by atoms with Gasteiger partial charge < -0.3 is 10.0 Å². The molecule has 1 aliphatic rings. The van der Waals surface area contributed by atoms with Crippen LogP contribution >= 0.6 is 0 Å². The van der Waals surface area contributed by atoms with Crippen LogP contribution in [0, 0.1) is 0 Å². The molecule has 0 fully saturated rings. The van der Waals surface area contributed by atoms with Gasteiger partial charge in [-0.1, -0.05) is 12.1 Å². The van der Waals surface area contributed by atoms with Gasteiger partial charge in [-0.15, -0.1) is 0 Å². The number of aliphatic carboxylic acids is 1. The van der Waals surface area contributed by atoms with E-state index in [1.807, 2.05) is 0 Å². The van der Waals surface area contributed by atoms with Crippen molar-refractivity contribution in [3.05, 3.63) is 52.8 Å². The van der Waals surface area contributed by atoms with Gasteiger partial charge in [0.1, 0.15) is 6.54 Å². The van der Waals surface area contributed by atoms with Crippen LogP contribution in [-0.2, 0) is 30.5 Å². The number of benzene rings is 1. The number of hydrogen-bond acceptors (Lipinski definition) is 3. The summed E-state index contributed by atoms with van der Waals surface area (Å²) in [5.74, 6) is -1.68. The van der Waals surface area contributed by atoms with E-state index in [9.17, 15) is 22.8 Å². The number of aryl methyl sites for hydroxylation is 1. The first kappa shape index (κ1) is 18.9. The van der Waals surface area contributed by atoms with Gasteiger partial charge in [0.15, 0.2) is 0 Å². The summed E-state index contributed by atoms with van der Waals surface area (Å²) in [6, 6.07) is 4.33. The molecular formula is C18H18F3N3O3. The second-order valence-electron chi connectivity index (χ2n) is 6.43. The van der Waals surface area contributed by atoms with Crippen LogP contribution in [0.2, 0.25) is 0 Å². The molecule has 0 saturated heterocycles. The first-order chi connectivity index (χ1) is 12.8. The Kier molecular flexibility index (Phi) is 5.20. The minimum atomic E-state index is -4.45. The Balaban J connectivity index is 1.82. The summed E-state index contributed by atoms with van der Waals surface area (Å²) in [5.41, 5.74) is 0.739. The Morgan fingerprint density at radius 1 is 1.19 bits per heavy atom. The largest absolute Gasteiger partial charge is 0.480 e. The molecule has 1 aromatic heterocycles. The fourth-order valence-corrected chi connectivity index (χ4v) is 3.15. The van der Waals surface area contributed by atoms with Crippen LogP contribution in [0.5, 0.6) is 0 Å². The van der Waals surface area contributed by atoms with Crippen molar-refractivity contribution in [3.8, 4) is 0 Å². The molecule has 2 aromatic rings. The first-order valence-electron chi connectivity index (χ1n) is 8.47. The maximum absolute atomic E-state index is 12.9. The van der Waals surface area contributed by atoms with Crippen LogP contribution in [-0.4, -0.2) is 38.2 Å². The SMILES string of the molecule is O=C(O)CN(Cc1ccc(C(F)(F)F)cc1)C(=O)c1cnn2c1CCCC2. The Hall–Kier alpha value is -2.84. The van der Waals surface area contributed by atoms with Crippen molar-refractivity contribution in [2.45, 2.75) is 38.5 Å². The second kappa shape index (κ2) is 7.42. The minimum Gasteiger partial charge on any atom is -0.480 e. The van der Waals surface area contributed by atoms with Gasteiger partial charge in [-0.3, -0.25) is 14.3 Å². The highest BCUT2D eigenvalue weighted by Crippen LogP contribution is 2.29. The molecule has 144 valence electrons. The molecule has 0 bridgehead atoms. The van der Waals surface area contributed by atoms with E-state index in [0.29, 0.717) is 24.1 Å². The molecule has 27 heavy (non-hydrogen) atoms. The van der Waals surface area contributed by atoms with Gasteiger partial charge in [0, 0.05) is 13.1 Å². The number of amides is 1. The smallest absolute Gasteiger partial charge is 0.416 e. The summed E-state index contributed by atoms with van der Waals surface area (Å²) in [4.78, 5) is 25.2. The van der Waals surface area contributed by atoms with Gasteiger partial charge >= 0.3 is 12.1 Å². The van der Waals surface area contributed by atoms with Crippen molar-refractivity contribution in [2.24, 2.45) is 0 Å². The number of carboxylic acids is 1. The third-order valence-corrected chi connectivity index (χ3v) is 4.48. The summed E-state index contributed by atoms with van der Waals surface area (Å²) in [5, 5.41) is 13.3. The fourth-order valence-electron chi connectivity index (χ4n) is 3.15. The molecule has 1 N–H and O–H groups in total. The monoisotopic (exact) mass is 381 g/mol. The number of hydrogen-bond donors (Lipinski definition) is 1. The van der Waals surface area contributed by atoms with Crippen LogP contribution in [0.3, 0.4) is 0 Å². The molecule has 1 amide bonds. The molecule has 0 saturated carbocycles. The van der Waals surface area contributed by atoms with E-state index in [0.717, 1.165) is 35.6 Å². The number of rotatable bonds is 5. The third-order valence-electron chi connectivity index (χ3n) is 4.48. The lowest BCUT2D eigenvalue weighted by Crippen LogP contribution is -2.35. The molecule has 6 nitrogen and oxygen atoms in total. The summed E-state index contributed by atoms with van der Waals surface area (Å²) in [6.45, 7) is 0.0544. The normalized spacial score (nSPS) is 13.9. The van der Waals surface area contributed by atoms with E-state index < -0.39 is 30.2 Å². The number of carboxylic acid groups (broad SMARTS) is 1. The van der Waals surface area contributed by atoms with Gasteiger partial charge in [-0.25, -0.2) is 0 Å². The molecule has 0 atom stereocenters. The quantitative estimate of drug-likeness (QED) is 0.864. The standard InChI is InChI=1S/C18H18F3N3O3/c19-18(20,21)13-6-4-12(5-7-13)10-23(11-16(25)26)17(27)14-9-22-24-8-2-1-3-15(14)24/h4-7,9H,1-3,8,10-11H2,(H,25,26). The highest BCUT2D eigenvalue weighted by Gasteiger charge is 2.30. The van der Waals surface area contributed by atoms with E-state index in [4.69, 9.17) is 5.11 Å². The number of nitrogens with zero attached hydrogens (tertiary/aromatic N) is 3. The van der Waals surface area contributed by atoms with E-state index in [1.54, 1.807) is 4.68 Å². The van der Waals surface area contributed by atoms with Gasteiger partial charge in [0.05, 0.1) is 23.0 Å². The zero-order chi connectivity index (χ0) is 19.6. The average molecular weight is 381 g/mol. The molecule has 1 aromatic carbocycles. The number of carbonyl (C=O) groups excluding carboxylic acids is 1. The lowest BCUT2D eigenvalue weighted by molar-refractivity contribution is -0.138. The van der Waals surface area contributed by atoms with Crippen LogP contribution in [0.25, 0.3) is 0 Å². The van der Waals surface area contributed by atoms with Gasteiger partial charge in [-0.2, -0.15) is 18.3 Å². The fraction of sp³-hybridized carbons (Fsp3) is 0.389. The van der Waals surface area contributed by atoms with Crippen molar-refractivity contribution in [1.82, 2.24) is 14.7 Å².